The molecule has 3 rings (SSSR count). The average Bonchev–Trinajstić information content (AvgIpc) is 2.96. The summed E-state index contributed by atoms with van der Waals surface area (Å²) in [4.78, 5) is 14.8. The van der Waals surface area contributed by atoms with E-state index in [0.29, 0.717) is 6.54 Å². The summed E-state index contributed by atoms with van der Waals surface area (Å²) < 4.78 is 11.4. The molecule has 0 aliphatic carbocycles. The van der Waals surface area contributed by atoms with E-state index in [0.717, 1.165) is 63.4 Å². The summed E-state index contributed by atoms with van der Waals surface area (Å²) in [7, 11) is 0. The van der Waals surface area contributed by atoms with Gasteiger partial charge in [-0.2, -0.15) is 0 Å². The number of carbonyl (C=O) groups excluding carboxylic acids is 1. The zero-order chi connectivity index (χ0) is 16.8. The Hall–Kier alpha value is -1.33. The molecule has 3 heterocycles. The molecule has 1 amide bonds. The van der Waals surface area contributed by atoms with Crippen molar-refractivity contribution >= 4 is 5.91 Å². The maximum Gasteiger partial charge on any atom is 0.234 e. The Labute approximate surface area is 144 Å². The standard InChI is InChI=1S/C19H30N2O3/c1-2-16-7-8-18(24-16)17-6-4-3-5-11-21(17)14-19(22)20-15-9-12-23-13-10-15/h7-8,15,17H,2-6,9-14H2,1H3,(H,20,22)/t17-/m0/s1. The van der Waals surface area contributed by atoms with Crippen LogP contribution in [0.25, 0.3) is 0 Å². The third-order valence-corrected chi connectivity index (χ3v) is 5.16. The van der Waals surface area contributed by atoms with Crippen LogP contribution in [0.3, 0.4) is 0 Å². The van der Waals surface area contributed by atoms with Crippen LogP contribution in [0.5, 0.6) is 0 Å². The highest BCUT2D eigenvalue weighted by Crippen LogP contribution is 2.31. The maximum absolute atomic E-state index is 12.5. The van der Waals surface area contributed by atoms with E-state index in [-0.39, 0.29) is 18.0 Å². The minimum atomic E-state index is 0.135. The zero-order valence-corrected chi connectivity index (χ0v) is 14.8. The van der Waals surface area contributed by atoms with E-state index >= 15 is 0 Å². The number of nitrogens with zero attached hydrogens (tertiary/aromatic N) is 1. The molecule has 0 saturated carbocycles. The zero-order valence-electron chi connectivity index (χ0n) is 14.8. The largest absolute Gasteiger partial charge is 0.464 e. The van der Waals surface area contributed by atoms with Gasteiger partial charge >= 0.3 is 0 Å². The number of likely N-dealkylation sites (tertiary alicyclic amines) is 1. The molecule has 2 fully saturated rings. The number of nitrogens with one attached hydrogen (secondary N) is 1. The van der Waals surface area contributed by atoms with Gasteiger partial charge in [0.05, 0.1) is 12.6 Å². The van der Waals surface area contributed by atoms with Crippen molar-refractivity contribution in [1.82, 2.24) is 10.2 Å². The molecular weight excluding hydrogens is 304 g/mol. The molecule has 0 aromatic carbocycles. The summed E-state index contributed by atoms with van der Waals surface area (Å²) in [6.45, 7) is 5.04. The molecule has 0 spiro atoms. The quantitative estimate of drug-likeness (QED) is 0.899. The monoisotopic (exact) mass is 334 g/mol. The molecule has 24 heavy (non-hydrogen) atoms. The second kappa shape index (κ2) is 8.67. The molecular formula is C19H30N2O3. The Morgan fingerprint density at radius 2 is 2.04 bits per heavy atom. The van der Waals surface area contributed by atoms with Crippen molar-refractivity contribution in [1.29, 1.82) is 0 Å². The lowest BCUT2D eigenvalue weighted by Crippen LogP contribution is -2.45. The van der Waals surface area contributed by atoms with E-state index in [1.165, 1.54) is 12.8 Å². The molecule has 5 nitrogen and oxygen atoms in total. The van der Waals surface area contributed by atoms with Crippen molar-refractivity contribution in [2.45, 2.75) is 64.0 Å². The predicted octanol–water partition coefficient (Wildman–Crippen LogP) is 3.05. The Morgan fingerprint density at radius 3 is 2.79 bits per heavy atom. The number of aryl methyl sites for hydroxylation is 1. The fourth-order valence-electron chi connectivity index (χ4n) is 3.74. The molecule has 1 aromatic rings. The second-order valence-electron chi connectivity index (χ2n) is 6.95. The number of rotatable bonds is 5. The van der Waals surface area contributed by atoms with Crippen LogP contribution in [0.4, 0.5) is 0 Å². The molecule has 2 saturated heterocycles. The molecule has 134 valence electrons. The Morgan fingerprint density at radius 1 is 1.21 bits per heavy atom. The van der Waals surface area contributed by atoms with Gasteiger partial charge in [-0.1, -0.05) is 19.8 Å². The summed E-state index contributed by atoms with van der Waals surface area (Å²) in [5, 5.41) is 3.18. The maximum atomic E-state index is 12.5. The molecule has 0 unspecified atom stereocenters. The Kier molecular flexibility index (Phi) is 6.32. The van der Waals surface area contributed by atoms with Gasteiger partial charge in [-0.3, -0.25) is 9.69 Å². The number of amides is 1. The smallest absolute Gasteiger partial charge is 0.234 e. The van der Waals surface area contributed by atoms with E-state index in [1.807, 2.05) is 0 Å². The lowest BCUT2D eigenvalue weighted by atomic mass is 10.1. The predicted molar refractivity (Wildman–Crippen MR) is 92.9 cm³/mol. The van der Waals surface area contributed by atoms with Crippen LogP contribution < -0.4 is 5.32 Å². The van der Waals surface area contributed by atoms with Crippen molar-refractivity contribution in [3.8, 4) is 0 Å². The Balaban J connectivity index is 1.62. The summed E-state index contributed by atoms with van der Waals surface area (Å²) in [6.07, 6.45) is 7.42. The van der Waals surface area contributed by atoms with E-state index in [9.17, 15) is 4.79 Å². The number of hydrogen-bond acceptors (Lipinski definition) is 4. The average molecular weight is 334 g/mol. The van der Waals surface area contributed by atoms with Gasteiger partial charge in [-0.15, -0.1) is 0 Å². The second-order valence-corrected chi connectivity index (χ2v) is 6.95. The highest BCUT2D eigenvalue weighted by Gasteiger charge is 2.27. The van der Waals surface area contributed by atoms with Gasteiger partial charge in [0, 0.05) is 25.7 Å². The van der Waals surface area contributed by atoms with E-state index in [2.05, 4.69) is 29.3 Å². The summed E-state index contributed by atoms with van der Waals surface area (Å²) in [6, 6.07) is 4.67. The molecule has 2 aliphatic rings. The highest BCUT2D eigenvalue weighted by atomic mass is 16.5. The fraction of sp³-hybridized carbons (Fsp3) is 0.737. The van der Waals surface area contributed by atoms with Gasteiger partial charge in [-0.25, -0.2) is 0 Å². The molecule has 2 aliphatic heterocycles. The molecule has 0 radical (unpaired) electrons. The van der Waals surface area contributed by atoms with Crippen molar-refractivity contribution in [3.05, 3.63) is 23.7 Å². The van der Waals surface area contributed by atoms with E-state index in [1.54, 1.807) is 0 Å². The molecule has 5 heteroatoms. The van der Waals surface area contributed by atoms with Gasteiger partial charge in [0.15, 0.2) is 0 Å². The SMILES string of the molecule is CCc1ccc([C@@H]2CCCCCN2CC(=O)NC2CCOCC2)o1. The van der Waals surface area contributed by atoms with Crippen molar-refractivity contribution in [2.24, 2.45) is 0 Å². The van der Waals surface area contributed by atoms with Crippen LogP contribution in [-0.2, 0) is 16.0 Å². The summed E-state index contributed by atoms with van der Waals surface area (Å²) >= 11 is 0. The third-order valence-electron chi connectivity index (χ3n) is 5.16. The van der Waals surface area contributed by atoms with Gasteiger partial charge in [-0.05, 0) is 44.4 Å². The highest BCUT2D eigenvalue weighted by molar-refractivity contribution is 5.78. The first-order valence-corrected chi connectivity index (χ1v) is 9.46. The topological polar surface area (TPSA) is 54.7 Å². The Bertz CT molecular complexity index is 522. The van der Waals surface area contributed by atoms with Crippen LogP contribution in [0.1, 0.15) is 63.0 Å². The number of furan rings is 1. The van der Waals surface area contributed by atoms with Gasteiger partial charge < -0.3 is 14.5 Å². The van der Waals surface area contributed by atoms with Crippen molar-refractivity contribution in [2.75, 3.05) is 26.3 Å². The number of ether oxygens (including phenoxy) is 1. The van der Waals surface area contributed by atoms with Crippen LogP contribution in [0, 0.1) is 0 Å². The summed E-state index contributed by atoms with van der Waals surface area (Å²) in [5.41, 5.74) is 0. The van der Waals surface area contributed by atoms with Crippen LogP contribution >= 0.6 is 0 Å². The first-order chi connectivity index (χ1) is 11.8. The normalized spacial score (nSPS) is 23.8. The van der Waals surface area contributed by atoms with Gasteiger partial charge in [0.1, 0.15) is 11.5 Å². The number of carbonyl (C=O) groups is 1. The summed E-state index contributed by atoms with van der Waals surface area (Å²) in [5.74, 6) is 2.18. The minimum absolute atomic E-state index is 0.135. The number of hydrogen-bond donors (Lipinski definition) is 1. The third kappa shape index (κ3) is 4.61. The van der Waals surface area contributed by atoms with E-state index < -0.39 is 0 Å². The van der Waals surface area contributed by atoms with Gasteiger partial charge in [0.25, 0.3) is 0 Å². The lowest BCUT2D eigenvalue weighted by Gasteiger charge is -2.29. The van der Waals surface area contributed by atoms with Gasteiger partial charge in [0.2, 0.25) is 5.91 Å². The lowest BCUT2D eigenvalue weighted by molar-refractivity contribution is -0.124. The molecule has 1 N–H and O–H groups in total. The van der Waals surface area contributed by atoms with Crippen molar-refractivity contribution < 1.29 is 13.9 Å². The molecule has 1 atom stereocenters. The van der Waals surface area contributed by atoms with Crippen LogP contribution in [0.15, 0.2) is 16.5 Å². The van der Waals surface area contributed by atoms with Crippen LogP contribution in [-0.4, -0.2) is 43.2 Å². The molecule has 1 aromatic heterocycles. The first-order valence-electron chi connectivity index (χ1n) is 9.46. The molecule has 0 bridgehead atoms. The first kappa shape index (κ1) is 17.5. The van der Waals surface area contributed by atoms with E-state index in [4.69, 9.17) is 9.15 Å². The minimum Gasteiger partial charge on any atom is -0.464 e. The van der Waals surface area contributed by atoms with Crippen molar-refractivity contribution in [3.63, 3.8) is 0 Å². The fourth-order valence-corrected chi connectivity index (χ4v) is 3.74. The van der Waals surface area contributed by atoms with Crippen LogP contribution in [0.2, 0.25) is 0 Å².